The van der Waals surface area contributed by atoms with E-state index in [2.05, 4.69) is 41.5 Å². The highest BCUT2D eigenvalue weighted by Gasteiger charge is 2.25. The van der Waals surface area contributed by atoms with Gasteiger partial charge in [0.25, 0.3) is 0 Å². The Morgan fingerprint density at radius 1 is 1.30 bits per heavy atom. The molecule has 1 saturated carbocycles. The van der Waals surface area contributed by atoms with E-state index >= 15 is 0 Å². The minimum absolute atomic E-state index is 0. The standard InChI is InChI=1S/C17H21N3OS.ClH/c1-11-5-7-12(8-6-11)15-10-22-17(19-15)20-16(21)13-3-2-4-14(18)9-13;/h5-8,10,13-14H,2-4,9,18H2,1H3,(H,19,20,21);1H. The molecule has 2 unspecified atom stereocenters. The second kappa shape index (κ2) is 7.90. The Morgan fingerprint density at radius 3 is 2.74 bits per heavy atom. The number of thiazole rings is 1. The lowest BCUT2D eigenvalue weighted by atomic mass is 9.86. The summed E-state index contributed by atoms with van der Waals surface area (Å²) in [5.41, 5.74) is 9.15. The summed E-state index contributed by atoms with van der Waals surface area (Å²) in [6.45, 7) is 2.06. The normalized spacial score (nSPS) is 20.6. The van der Waals surface area contributed by atoms with Crippen molar-refractivity contribution in [3.05, 3.63) is 35.2 Å². The minimum atomic E-state index is 0. The van der Waals surface area contributed by atoms with Gasteiger partial charge in [0, 0.05) is 22.9 Å². The largest absolute Gasteiger partial charge is 0.328 e. The summed E-state index contributed by atoms with van der Waals surface area (Å²) >= 11 is 1.47. The maximum Gasteiger partial charge on any atom is 0.229 e. The topological polar surface area (TPSA) is 68.0 Å². The van der Waals surface area contributed by atoms with Crippen LogP contribution < -0.4 is 11.1 Å². The van der Waals surface area contributed by atoms with Gasteiger partial charge in [0.1, 0.15) is 0 Å². The van der Waals surface area contributed by atoms with Crippen molar-refractivity contribution in [3.8, 4) is 11.3 Å². The molecule has 3 N–H and O–H groups in total. The molecule has 0 radical (unpaired) electrons. The van der Waals surface area contributed by atoms with Gasteiger partial charge in [-0.1, -0.05) is 36.2 Å². The molecule has 2 aromatic rings. The van der Waals surface area contributed by atoms with Crippen LogP contribution >= 0.6 is 23.7 Å². The average Bonchev–Trinajstić information content (AvgIpc) is 2.96. The number of nitrogens with one attached hydrogen (secondary N) is 1. The van der Waals surface area contributed by atoms with Crippen LogP contribution in [0, 0.1) is 12.8 Å². The van der Waals surface area contributed by atoms with E-state index in [4.69, 9.17) is 5.73 Å². The number of aromatic nitrogens is 1. The Kier molecular flexibility index (Phi) is 6.16. The van der Waals surface area contributed by atoms with Gasteiger partial charge in [-0.3, -0.25) is 4.79 Å². The molecule has 23 heavy (non-hydrogen) atoms. The van der Waals surface area contributed by atoms with Gasteiger partial charge < -0.3 is 11.1 Å². The lowest BCUT2D eigenvalue weighted by molar-refractivity contribution is -0.120. The fourth-order valence-corrected chi connectivity index (χ4v) is 3.58. The van der Waals surface area contributed by atoms with E-state index in [0.717, 1.165) is 36.9 Å². The molecule has 3 rings (SSSR count). The van der Waals surface area contributed by atoms with Crippen molar-refractivity contribution in [2.24, 2.45) is 11.7 Å². The van der Waals surface area contributed by atoms with Gasteiger partial charge >= 0.3 is 0 Å². The van der Waals surface area contributed by atoms with E-state index in [-0.39, 0.29) is 30.3 Å². The Labute approximate surface area is 146 Å². The van der Waals surface area contributed by atoms with Crippen molar-refractivity contribution in [1.29, 1.82) is 0 Å². The van der Waals surface area contributed by atoms with E-state index in [1.807, 2.05) is 5.38 Å². The third-order valence-electron chi connectivity index (χ3n) is 4.17. The number of aryl methyl sites for hydroxylation is 1. The molecule has 1 heterocycles. The molecule has 6 heteroatoms. The van der Waals surface area contributed by atoms with Crippen molar-refractivity contribution >= 4 is 34.8 Å². The number of nitrogens with zero attached hydrogens (tertiary/aromatic N) is 1. The summed E-state index contributed by atoms with van der Waals surface area (Å²) in [6, 6.07) is 8.39. The summed E-state index contributed by atoms with van der Waals surface area (Å²) in [7, 11) is 0. The average molecular weight is 352 g/mol. The number of rotatable bonds is 3. The summed E-state index contributed by atoms with van der Waals surface area (Å²) in [6.07, 6.45) is 3.77. The first-order valence-electron chi connectivity index (χ1n) is 7.71. The highest BCUT2D eigenvalue weighted by Crippen LogP contribution is 2.28. The lowest BCUT2D eigenvalue weighted by Gasteiger charge is -2.25. The smallest absolute Gasteiger partial charge is 0.229 e. The van der Waals surface area contributed by atoms with Gasteiger partial charge in [-0.25, -0.2) is 4.98 Å². The Hall–Kier alpha value is -1.43. The van der Waals surface area contributed by atoms with Crippen LogP contribution in [-0.2, 0) is 4.79 Å². The zero-order chi connectivity index (χ0) is 15.5. The van der Waals surface area contributed by atoms with Crippen molar-refractivity contribution in [2.45, 2.75) is 38.6 Å². The van der Waals surface area contributed by atoms with Gasteiger partial charge in [0.15, 0.2) is 5.13 Å². The fourth-order valence-electron chi connectivity index (χ4n) is 2.86. The number of carbonyl (C=O) groups is 1. The highest BCUT2D eigenvalue weighted by molar-refractivity contribution is 7.14. The number of amides is 1. The van der Waals surface area contributed by atoms with Gasteiger partial charge in [-0.05, 0) is 26.2 Å². The zero-order valence-electron chi connectivity index (χ0n) is 13.1. The van der Waals surface area contributed by atoms with Gasteiger partial charge in [-0.2, -0.15) is 0 Å². The molecule has 0 bridgehead atoms. The number of hydrogen-bond acceptors (Lipinski definition) is 4. The summed E-state index contributed by atoms with van der Waals surface area (Å²) in [5.74, 6) is 0.0791. The van der Waals surface area contributed by atoms with Crippen LogP contribution in [0.2, 0.25) is 0 Å². The number of halogens is 1. The highest BCUT2D eigenvalue weighted by atomic mass is 35.5. The second-order valence-electron chi connectivity index (χ2n) is 6.02. The monoisotopic (exact) mass is 351 g/mol. The van der Waals surface area contributed by atoms with E-state index in [1.54, 1.807) is 0 Å². The first-order chi connectivity index (χ1) is 10.6. The molecular formula is C17H22ClN3OS. The molecule has 2 atom stereocenters. The van der Waals surface area contributed by atoms with Gasteiger partial charge in [0.2, 0.25) is 5.91 Å². The molecule has 124 valence electrons. The number of nitrogens with two attached hydrogens (primary N) is 1. The van der Waals surface area contributed by atoms with E-state index < -0.39 is 0 Å². The molecule has 1 aliphatic carbocycles. The first-order valence-corrected chi connectivity index (χ1v) is 8.59. The predicted molar refractivity (Wildman–Crippen MR) is 98.1 cm³/mol. The van der Waals surface area contributed by atoms with Crippen molar-refractivity contribution in [3.63, 3.8) is 0 Å². The van der Waals surface area contributed by atoms with Crippen LogP contribution in [-0.4, -0.2) is 16.9 Å². The molecule has 1 fully saturated rings. The lowest BCUT2D eigenvalue weighted by Crippen LogP contribution is -2.34. The van der Waals surface area contributed by atoms with E-state index in [9.17, 15) is 4.79 Å². The molecule has 0 spiro atoms. The Balaban J connectivity index is 0.00000192. The van der Waals surface area contributed by atoms with Crippen LogP contribution in [0.1, 0.15) is 31.2 Å². The number of carbonyl (C=O) groups excluding carboxylic acids is 1. The number of anilines is 1. The third kappa shape index (κ3) is 4.53. The molecule has 0 saturated heterocycles. The summed E-state index contributed by atoms with van der Waals surface area (Å²) in [4.78, 5) is 16.8. The van der Waals surface area contributed by atoms with Crippen molar-refractivity contribution in [1.82, 2.24) is 4.98 Å². The maximum absolute atomic E-state index is 12.3. The fraction of sp³-hybridized carbons (Fsp3) is 0.412. The zero-order valence-corrected chi connectivity index (χ0v) is 14.8. The summed E-state index contributed by atoms with van der Waals surface area (Å²) in [5, 5.41) is 5.59. The van der Waals surface area contributed by atoms with Crippen LogP contribution in [0.15, 0.2) is 29.6 Å². The molecule has 1 aromatic carbocycles. The Morgan fingerprint density at radius 2 is 2.04 bits per heavy atom. The molecule has 0 aliphatic heterocycles. The van der Waals surface area contributed by atoms with Crippen molar-refractivity contribution < 1.29 is 4.79 Å². The molecule has 1 aliphatic rings. The number of hydrogen-bond donors (Lipinski definition) is 2. The van der Waals surface area contributed by atoms with Crippen molar-refractivity contribution in [2.75, 3.05) is 5.32 Å². The minimum Gasteiger partial charge on any atom is -0.328 e. The molecule has 4 nitrogen and oxygen atoms in total. The first kappa shape index (κ1) is 17.9. The van der Waals surface area contributed by atoms with Crippen LogP contribution in [0.5, 0.6) is 0 Å². The predicted octanol–water partition coefficient (Wildman–Crippen LogP) is 4.00. The van der Waals surface area contributed by atoms with Crippen LogP contribution in [0.3, 0.4) is 0 Å². The van der Waals surface area contributed by atoms with E-state index in [1.165, 1.54) is 16.9 Å². The quantitative estimate of drug-likeness (QED) is 0.878. The molecule has 1 aromatic heterocycles. The van der Waals surface area contributed by atoms with Crippen LogP contribution in [0.4, 0.5) is 5.13 Å². The van der Waals surface area contributed by atoms with Gasteiger partial charge in [0.05, 0.1) is 5.69 Å². The van der Waals surface area contributed by atoms with Gasteiger partial charge in [-0.15, -0.1) is 23.7 Å². The van der Waals surface area contributed by atoms with Crippen LogP contribution in [0.25, 0.3) is 11.3 Å². The molecular weight excluding hydrogens is 330 g/mol. The SMILES string of the molecule is Cc1ccc(-c2csc(NC(=O)C3CCCC(N)C3)n2)cc1.Cl. The summed E-state index contributed by atoms with van der Waals surface area (Å²) < 4.78 is 0. The maximum atomic E-state index is 12.3. The third-order valence-corrected chi connectivity index (χ3v) is 4.92. The Bertz CT molecular complexity index is 656. The number of benzene rings is 1. The second-order valence-corrected chi connectivity index (χ2v) is 6.87. The molecule has 1 amide bonds. The van der Waals surface area contributed by atoms with E-state index in [0.29, 0.717) is 5.13 Å².